The van der Waals surface area contributed by atoms with Crippen LogP contribution in [0.4, 0.5) is 0 Å². The molecule has 5 heteroatoms. The van der Waals surface area contributed by atoms with Crippen molar-refractivity contribution in [2.45, 2.75) is 80.1 Å². The second-order valence-corrected chi connectivity index (χ2v) is 8.18. The molecule has 0 aromatic heterocycles. The van der Waals surface area contributed by atoms with E-state index in [2.05, 4.69) is 50.5 Å². The summed E-state index contributed by atoms with van der Waals surface area (Å²) in [5, 5.41) is 5.36. The Balaban J connectivity index is 4.07. The highest BCUT2D eigenvalue weighted by molar-refractivity contribution is 6.36. The van der Waals surface area contributed by atoms with Gasteiger partial charge in [-0.2, -0.15) is 0 Å². The number of rotatable bonds is 14. The lowest BCUT2D eigenvalue weighted by Crippen LogP contribution is -2.32. The standard InChI is InChI=1S/C25H40N2O3/c1-19(2)9-7-11-21(5)15-17-26-24(29)14-13-23(28)25(30)27-18-16-22(6)12-8-10-20(3)4/h9-10,15-16H,7-8,11-14,17-18H2,1-6H3,(H,26,29)(H,27,30)/b21-15+,22-16+. The molecule has 2 amide bonds. The smallest absolute Gasteiger partial charge is 0.287 e. The first-order valence-corrected chi connectivity index (χ1v) is 10.8. The Hall–Kier alpha value is -2.43. The number of hydrogen-bond donors (Lipinski definition) is 2. The van der Waals surface area contributed by atoms with Crippen LogP contribution in [0.25, 0.3) is 0 Å². The second-order valence-electron chi connectivity index (χ2n) is 8.18. The van der Waals surface area contributed by atoms with Gasteiger partial charge in [-0.3, -0.25) is 14.4 Å². The molecular formula is C25H40N2O3. The summed E-state index contributed by atoms with van der Waals surface area (Å²) in [5.41, 5.74) is 4.98. The number of amides is 2. The highest BCUT2D eigenvalue weighted by atomic mass is 16.2. The highest BCUT2D eigenvalue weighted by Crippen LogP contribution is 2.07. The summed E-state index contributed by atoms with van der Waals surface area (Å²) in [6.45, 7) is 13.1. The zero-order valence-electron chi connectivity index (χ0n) is 19.7. The third-order valence-electron chi connectivity index (χ3n) is 4.48. The summed E-state index contributed by atoms with van der Waals surface area (Å²) in [6, 6.07) is 0. The van der Waals surface area contributed by atoms with Crippen LogP contribution in [0.3, 0.4) is 0 Å². The van der Waals surface area contributed by atoms with Gasteiger partial charge in [0.2, 0.25) is 11.7 Å². The quantitative estimate of drug-likeness (QED) is 0.311. The maximum absolute atomic E-state index is 11.9. The van der Waals surface area contributed by atoms with E-state index in [0.717, 1.165) is 25.7 Å². The molecule has 0 atom stereocenters. The normalized spacial score (nSPS) is 11.5. The van der Waals surface area contributed by atoms with E-state index in [1.807, 2.05) is 26.0 Å². The zero-order chi connectivity index (χ0) is 22.9. The van der Waals surface area contributed by atoms with Crippen molar-refractivity contribution >= 4 is 17.6 Å². The Morgan fingerprint density at radius 1 is 0.600 bits per heavy atom. The molecule has 0 saturated carbocycles. The van der Waals surface area contributed by atoms with E-state index in [1.165, 1.54) is 22.3 Å². The fourth-order valence-electron chi connectivity index (χ4n) is 2.57. The molecule has 0 aromatic rings. The predicted molar refractivity (Wildman–Crippen MR) is 125 cm³/mol. The molecule has 0 heterocycles. The molecule has 5 nitrogen and oxygen atoms in total. The average Bonchev–Trinajstić information content (AvgIpc) is 2.65. The summed E-state index contributed by atoms with van der Waals surface area (Å²) in [6.07, 6.45) is 12.1. The number of carbonyl (C=O) groups excluding carboxylic acids is 3. The minimum atomic E-state index is -0.633. The van der Waals surface area contributed by atoms with Crippen molar-refractivity contribution in [3.05, 3.63) is 46.6 Å². The van der Waals surface area contributed by atoms with Gasteiger partial charge in [-0.15, -0.1) is 0 Å². The number of hydrogen-bond acceptors (Lipinski definition) is 3. The molecule has 0 spiro atoms. The number of Topliss-reactive ketones (excluding diaryl/α,β-unsaturated/α-hetero) is 1. The Bertz CT molecular complexity index is 689. The monoisotopic (exact) mass is 416 g/mol. The molecule has 168 valence electrons. The predicted octanol–water partition coefficient (Wildman–Crippen LogP) is 4.95. The minimum Gasteiger partial charge on any atom is -0.353 e. The summed E-state index contributed by atoms with van der Waals surface area (Å²) < 4.78 is 0. The van der Waals surface area contributed by atoms with Crippen LogP contribution < -0.4 is 10.6 Å². The Kier molecular flexibility index (Phi) is 15.0. The van der Waals surface area contributed by atoms with Crippen molar-refractivity contribution in [2.24, 2.45) is 0 Å². The van der Waals surface area contributed by atoms with E-state index < -0.39 is 11.7 Å². The van der Waals surface area contributed by atoms with Gasteiger partial charge in [0.05, 0.1) is 0 Å². The van der Waals surface area contributed by atoms with E-state index in [0.29, 0.717) is 13.1 Å². The summed E-state index contributed by atoms with van der Waals surface area (Å²) in [7, 11) is 0. The van der Waals surface area contributed by atoms with Gasteiger partial charge in [-0.05, 0) is 67.2 Å². The van der Waals surface area contributed by atoms with Gasteiger partial charge in [0, 0.05) is 25.9 Å². The molecule has 30 heavy (non-hydrogen) atoms. The van der Waals surface area contributed by atoms with Gasteiger partial charge in [0.1, 0.15) is 0 Å². The topological polar surface area (TPSA) is 75.3 Å². The Labute approximate surface area is 182 Å². The van der Waals surface area contributed by atoms with Crippen molar-refractivity contribution in [3.63, 3.8) is 0 Å². The maximum Gasteiger partial charge on any atom is 0.287 e. The van der Waals surface area contributed by atoms with Gasteiger partial charge in [0.15, 0.2) is 0 Å². The highest BCUT2D eigenvalue weighted by Gasteiger charge is 2.14. The van der Waals surface area contributed by atoms with Crippen LogP contribution in [0.5, 0.6) is 0 Å². The van der Waals surface area contributed by atoms with Gasteiger partial charge in [-0.1, -0.05) is 46.6 Å². The van der Waals surface area contributed by atoms with E-state index in [-0.39, 0.29) is 18.7 Å². The van der Waals surface area contributed by atoms with Gasteiger partial charge < -0.3 is 10.6 Å². The molecule has 0 bridgehead atoms. The molecule has 0 rings (SSSR count). The van der Waals surface area contributed by atoms with Crippen LogP contribution in [0.15, 0.2) is 46.6 Å². The zero-order valence-corrected chi connectivity index (χ0v) is 19.7. The van der Waals surface area contributed by atoms with Crippen LogP contribution in [0, 0.1) is 0 Å². The van der Waals surface area contributed by atoms with Crippen LogP contribution in [-0.2, 0) is 14.4 Å². The van der Waals surface area contributed by atoms with Gasteiger partial charge >= 0.3 is 0 Å². The molecule has 0 aliphatic heterocycles. The maximum atomic E-state index is 11.9. The molecule has 0 radical (unpaired) electrons. The molecule has 0 aliphatic rings. The van der Waals surface area contributed by atoms with E-state index in [9.17, 15) is 14.4 Å². The van der Waals surface area contributed by atoms with Crippen molar-refractivity contribution in [3.8, 4) is 0 Å². The van der Waals surface area contributed by atoms with E-state index in [1.54, 1.807) is 0 Å². The third kappa shape index (κ3) is 16.5. The lowest BCUT2D eigenvalue weighted by molar-refractivity contribution is -0.138. The second kappa shape index (κ2) is 16.4. The number of allylic oxidation sites excluding steroid dienone is 6. The fraction of sp³-hybridized carbons (Fsp3) is 0.560. The fourth-order valence-corrected chi connectivity index (χ4v) is 2.57. The van der Waals surface area contributed by atoms with Crippen molar-refractivity contribution in [1.82, 2.24) is 10.6 Å². The lowest BCUT2D eigenvalue weighted by Gasteiger charge is -2.05. The van der Waals surface area contributed by atoms with Crippen LogP contribution in [0.1, 0.15) is 80.1 Å². The molecule has 0 aromatic carbocycles. The van der Waals surface area contributed by atoms with Gasteiger partial charge in [0.25, 0.3) is 5.91 Å². The summed E-state index contributed by atoms with van der Waals surface area (Å²) in [4.78, 5) is 35.6. The number of nitrogens with one attached hydrogen (secondary N) is 2. The molecule has 0 aliphatic carbocycles. The van der Waals surface area contributed by atoms with Crippen LogP contribution >= 0.6 is 0 Å². The first-order chi connectivity index (χ1) is 14.1. The summed E-state index contributed by atoms with van der Waals surface area (Å²) in [5.74, 6) is -1.42. The van der Waals surface area contributed by atoms with Crippen molar-refractivity contribution < 1.29 is 14.4 Å². The van der Waals surface area contributed by atoms with Crippen LogP contribution in [0.2, 0.25) is 0 Å². The van der Waals surface area contributed by atoms with E-state index in [4.69, 9.17) is 0 Å². The van der Waals surface area contributed by atoms with E-state index >= 15 is 0 Å². The Morgan fingerprint density at radius 2 is 1.07 bits per heavy atom. The Morgan fingerprint density at radius 3 is 1.53 bits per heavy atom. The summed E-state index contributed by atoms with van der Waals surface area (Å²) >= 11 is 0. The van der Waals surface area contributed by atoms with Crippen molar-refractivity contribution in [1.29, 1.82) is 0 Å². The molecule has 0 unspecified atom stereocenters. The lowest BCUT2D eigenvalue weighted by atomic mass is 10.1. The third-order valence-corrected chi connectivity index (χ3v) is 4.48. The van der Waals surface area contributed by atoms with Gasteiger partial charge in [-0.25, -0.2) is 0 Å². The first-order valence-electron chi connectivity index (χ1n) is 10.8. The number of carbonyl (C=O) groups is 3. The molecule has 0 fully saturated rings. The molecule has 2 N–H and O–H groups in total. The van der Waals surface area contributed by atoms with Crippen molar-refractivity contribution in [2.75, 3.05) is 13.1 Å². The largest absolute Gasteiger partial charge is 0.353 e. The first kappa shape index (κ1) is 27.6. The minimum absolute atomic E-state index is 0.0223. The number of ketones is 1. The SMILES string of the molecule is CC(C)=CCC/C(C)=C/CNC(=O)CCC(=O)C(=O)NC/C=C(\C)CCC=C(C)C. The van der Waals surface area contributed by atoms with Crippen LogP contribution in [-0.4, -0.2) is 30.7 Å². The average molecular weight is 417 g/mol. The molecule has 0 saturated heterocycles. The molecular weight excluding hydrogens is 376 g/mol.